The molecule has 0 amide bonds. The van der Waals surface area contributed by atoms with Gasteiger partial charge in [0.2, 0.25) is 0 Å². The first kappa shape index (κ1) is 11.0. The first-order valence-corrected chi connectivity index (χ1v) is 5.08. The largest absolute Gasteiger partial charge is 0.389 e. The fraction of sp³-hybridized carbons (Fsp3) is 1.00. The summed E-state index contributed by atoms with van der Waals surface area (Å²) < 4.78 is 5.18. The molecule has 2 N–H and O–H groups in total. The van der Waals surface area contributed by atoms with E-state index < -0.39 is 0 Å². The minimum atomic E-state index is -0.337. The van der Waals surface area contributed by atoms with Crippen LogP contribution in [0.1, 0.15) is 33.6 Å². The fourth-order valence-corrected chi connectivity index (χ4v) is 1.88. The Morgan fingerprint density at radius 3 is 2.62 bits per heavy atom. The summed E-state index contributed by atoms with van der Waals surface area (Å²) in [4.78, 5) is 0. The second kappa shape index (κ2) is 4.40. The van der Waals surface area contributed by atoms with Gasteiger partial charge in [-0.15, -0.1) is 0 Å². The molecule has 0 aromatic carbocycles. The van der Waals surface area contributed by atoms with Crippen molar-refractivity contribution in [2.75, 3.05) is 13.2 Å². The van der Waals surface area contributed by atoms with Gasteiger partial charge in [-0.05, 0) is 20.3 Å². The van der Waals surface area contributed by atoms with E-state index in [4.69, 9.17) is 4.74 Å². The zero-order valence-electron chi connectivity index (χ0n) is 8.84. The van der Waals surface area contributed by atoms with Crippen LogP contribution in [0, 0.1) is 0 Å². The molecule has 3 heteroatoms. The minimum Gasteiger partial charge on any atom is -0.389 e. The quantitative estimate of drug-likeness (QED) is 0.687. The molecule has 1 aliphatic heterocycles. The van der Waals surface area contributed by atoms with E-state index in [0.717, 1.165) is 12.8 Å². The molecule has 1 heterocycles. The van der Waals surface area contributed by atoms with Gasteiger partial charge in [-0.1, -0.05) is 13.3 Å². The summed E-state index contributed by atoms with van der Waals surface area (Å²) in [6.45, 7) is 7.61. The van der Waals surface area contributed by atoms with Crippen molar-refractivity contribution in [2.24, 2.45) is 0 Å². The Labute approximate surface area is 80.5 Å². The van der Waals surface area contributed by atoms with Gasteiger partial charge in [0.1, 0.15) is 0 Å². The van der Waals surface area contributed by atoms with E-state index in [1.54, 1.807) is 0 Å². The van der Waals surface area contributed by atoms with Crippen molar-refractivity contribution in [3.63, 3.8) is 0 Å². The molecule has 0 radical (unpaired) electrons. The van der Waals surface area contributed by atoms with Gasteiger partial charge in [0, 0.05) is 5.54 Å². The summed E-state index contributed by atoms with van der Waals surface area (Å²) >= 11 is 0. The van der Waals surface area contributed by atoms with Crippen LogP contribution in [0.5, 0.6) is 0 Å². The molecule has 2 atom stereocenters. The third kappa shape index (κ3) is 3.25. The summed E-state index contributed by atoms with van der Waals surface area (Å²) in [6.07, 6.45) is 1.94. The van der Waals surface area contributed by atoms with E-state index >= 15 is 0 Å². The monoisotopic (exact) mass is 187 g/mol. The molecule has 13 heavy (non-hydrogen) atoms. The molecule has 1 fully saturated rings. The normalized spacial score (nSPS) is 29.5. The van der Waals surface area contributed by atoms with Crippen LogP contribution in [0.2, 0.25) is 0 Å². The van der Waals surface area contributed by atoms with Crippen LogP contribution in [0.25, 0.3) is 0 Å². The van der Waals surface area contributed by atoms with Gasteiger partial charge in [-0.2, -0.15) is 0 Å². The summed E-state index contributed by atoms with van der Waals surface area (Å²) in [5.74, 6) is 0. The first-order valence-electron chi connectivity index (χ1n) is 5.08. The molecule has 1 aliphatic rings. The zero-order valence-corrected chi connectivity index (χ0v) is 8.84. The van der Waals surface area contributed by atoms with E-state index in [2.05, 4.69) is 26.1 Å². The molecule has 0 spiro atoms. The second-order valence-electron chi connectivity index (χ2n) is 4.49. The number of hydrogen-bond donors (Lipinski definition) is 2. The van der Waals surface area contributed by atoms with E-state index in [1.165, 1.54) is 0 Å². The maximum Gasteiger partial charge on any atom is 0.0948 e. The Bertz CT molecular complexity index is 159. The minimum absolute atomic E-state index is 0.105. The number of hydrogen-bond acceptors (Lipinski definition) is 3. The third-order valence-electron chi connectivity index (χ3n) is 2.50. The summed E-state index contributed by atoms with van der Waals surface area (Å²) in [5, 5.41) is 13.0. The number of aliphatic hydroxyl groups is 1. The van der Waals surface area contributed by atoms with Gasteiger partial charge in [0.25, 0.3) is 0 Å². The predicted octanol–water partition coefficient (Wildman–Crippen LogP) is 0.914. The number of aliphatic hydroxyl groups excluding tert-OH is 1. The number of ether oxygens (including phenoxy) is 1. The predicted molar refractivity (Wildman–Crippen MR) is 52.7 cm³/mol. The van der Waals surface area contributed by atoms with Crippen molar-refractivity contribution < 1.29 is 9.84 Å². The molecule has 0 aromatic rings. The second-order valence-corrected chi connectivity index (χ2v) is 4.49. The maximum absolute atomic E-state index is 9.53. The molecule has 2 unspecified atom stereocenters. The Kier molecular flexibility index (Phi) is 3.71. The van der Waals surface area contributed by atoms with Gasteiger partial charge in [-0.25, -0.2) is 0 Å². The fourth-order valence-electron chi connectivity index (χ4n) is 1.88. The van der Waals surface area contributed by atoms with Gasteiger partial charge in [-0.3, -0.25) is 0 Å². The standard InChI is InChI=1S/C10H21NO2/c1-4-5-10(2,3)11-8-6-13-7-9(8)12/h8-9,11-12H,4-7H2,1-3H3. The molecule has 78 valence electrons. The molecule has 0 saturated carbocycles. The van der Waals surface area contributed by atoms with Crippen molar-refractivity contribution in [1.29, 1.82) is 0 Å². The van der Waals surface area contributed by atoms with Gasteiger partial charge in [0.05, 0.1) is 25.4 Å². The smallest absolute Gasteiger partial charge is 0.0948 e. The van der Waals surface area contributed by atoms with Crippen LogP contribution in [-0.2, 0) is 4.74 Å². The van der Waals surface area contributed by atoms with E-state index in [0.29, 0.717) is 13.2 Å². The van der Waals surface area contributed by atoms with Gasteiger partial charge >= 0.3 is 0 Å². The summed E-state index contributed by atoms with van der Waals surface area (Å²) in [6, 6.07) is 0.113. The molecular formula is C10H21NO2. The number of nitrogens with one attached hydrogen (secondary N) is 1. The first-order chi connectivity index (χ1) is 6.05. The SMILES string of the molecule is CCCC(C)(C)NC1COCC1O. The van der Waals surface area contributed by atoms with Crippen LogP contribution < -0.4 is 5.32 Å². The van der Waals surface area contributed by atoms with Crippen LogP contribution in [-0.4, -0.2) is 36.0 Å². The molecule has 0 bridgehead atoms. The third-order valence-corrected chi connectivity index (χ3v) is 2.50. The highest BCUT2D eigenvalue weighted by Gasteiger charge is 2.30. The highest BCUT2D eigenvalue weighted by atomic mass is 16.5. The average molecular weight is 187 g/mol. The highest BCUT2D eigenvalue weighted by molar-refractivity contribution is 4.88. The average Bonchev–Trinajstić information content (AvgIpc) is 2.35. The molecule has 3 nitrogen and oxygen atoms in total. The molecular weight excluding hydrogens is 166 g/mol. The lowest BCUT2D eigenvalue weighted by Gasteiger charge is -2.30. The van der Waals surface area contributed by atoms with Gasteiger partial charge < -0.3 is 15.2 Å². The van der Waals surface area contributed by atoms with Crippen molar-refractivity contribution >= 4 is 0 Å². The lowest BCUT2D eigenvalue weighted by molar-refractivity contribution is 0.118. The Morgan fingerprint density at radius 1 is 1.46 bits per heavy atom. The Morgan fingerprint density at radius 2 is 2.15 bits per heavy atom. The van der Waals surface area contributed by atoms with Crippen LogP contribution in [0.3, 0.4) is 0 Å². The van der Waals surface area contributed by atoms with Crippen molar-refractivity contribution in [3.05, 3.63) is 0 Å². The van der Waals surface area contributed by atoms with Crippen LogP contribution in [0.4, 0.5) is 0 Å². The van der Waals surface area contributed by atoms with E-state index in [-0.39, 0.29) is 17.7 Å². The zero-order chi connectivity index (χ0) is 9.90. The Hall–Kier alpha value is -0.120. The van der Waals surface area contributed by atoms with Crippen molar-refractivity contribution in [2.45, 2.75) is 51.3 Å². The topological polar surface area (TPSA) is 41.5 Å². The lowest BCUT2D eigenvalue weighted by atomic mass is 9.97. The van der Waals surface area contributed by atoms with Crippen LogP contribution >= 0.6 is 0 Å². The highest BCUT2D eigenvalue weighted by Crippen LogP contribution is 2.15. The van der Waals surface area contributed by atoms with Crippen molar-refractivity contribution in [3.8, 4) is 0 Å². The molecule has 1 saturated heterocycles. The van der Waals surface area contributed by atoms with Crippen LogP contribution in [0.15, 0.2) is 0 Å². The summed E-state index contributed by atoms with van der Waals surface area (Å²) in [5.41, 5.74) is 0.105. The van der Waals surface area contributed by atoms with Crippen molar-refractivity contribution in [1.82, 2.24) is 5.32 Å². The molecule has 0 aliphatic carbocycles. The Balaban J connectivity index is 2.37. The lowest BCUT2D eigenvalue weighted by Crippen LogP contribution is -2.50. The summed E-state index contributed by atoms with van der Waals surface area (Å²) in [7, 11) is 0. The van der Waals surface area contributed by atoms with E-state index in [1.807, 2.05) is 0 Å². The number of rotatable bonds is 4. The van der Waals surface area contributed by atoms with Gasteiger partial charge in [0.15, 0.2) is 0 Å². The molecule has 0 aromatic heterocycles. The maximum atomic E-state index is 9.53. The van der Waals surface area contributed by atoms with E-state index in [9.17, 15) is 5.11 Å². The molecule has 1 rings (SSSR count).